The van der Waals surface area contributed by atoms with Crippen LogP contribution in [0.15, 0.2) is 18.5 Å². The van der Waals surface area contributed by atoms with E-state index in [1.807, 2.05) is 12.3 Å². The van der Waals surface area contributed by atoms with E-state index >= 15 is 0 Å². The highest BCUT2D eigenvalue weighted by Crippen LogP contribution is 2.26. The van der Waals surface area contributed by atoms with E-state index in [1.165, 1.54) is 0 Å². The van der Waals surface area contributed by atoms with Gasteiger partial charge in [-0.1, -0.05) is 0 Å². The third-order valence-corrected chi connectivity index (χ3v) is 3.12. The van der Waals surface area contributed by atoms with Crippen LogP contribution >= 0.6 is 0 Å². The van der Waals surface area contributed by atoms with Crippen LogP contribution in [0.5, 0.6) is 5.75 Å². The Morgan fingerprint density at radius 3 is 3.19 bits per heavy atom. The summed E-state index contributed by atoms with van der Waals surface area (Å²) < 4.78 is 5.16. The standard InChI is InChI=1S/C12H18N2O2/c1-16-12-6-11(7-13-8-12)14-4-2-10(9-14)3-5-15/h6-8,10,15H,2-5,9H2,1H3. The Bertz CT molecular complexity index is 344. The summed E-state index contributed by atoms with van der Waals surface area (Å²) in [6, 6.07) is 2.01. The van der Waals surface area contributed by atoms with Crippen LogP contribution in [0.1, 0.15) is 12.8 Å². The molecular formula is C12H18N2O2. The van der Waals surface area contributed by atoms with Gasteiger partial charge < -0.3 is 14.7 Å². The van der Waals surface area contributed by atoms with Crippen molar-refractivity contribution >= 4 is 5.69 Å². The van der Waals surface area contributed by atoms with Crippen molar-refractivity contribution in [3.8, 4) is 5.75 Å². The predicted molar refractivity (Wildman–Crippen MR) is 62.8 cm³/mol. The Hall–Kier alpha value is -1.29. The van der Waals surface area contributed by atoms with Crippen molar-refractivity contribution in [1.82, 2.24) is 4.98 Å². The van der Waals surface area contributed by atoms with Crippen LogP contribution < -0.4 is 9.64 Å². The van der Waals surface area contributed by atoms with Crippen LogP contribution in [0.2, 0.25) is 0 Å². The smallest absolute Gasteiger partial charge is 0.139 e. The molecule has 1 aromatic rings. The van der Waals surface area contributed by atoms with Gasteiger partial charge in [0.05, 0.1) is 25.2 Å². The van der Waals surface area contributed by atoms with Gasteiger partial charge in [-0.05, 0) is 18.8 Å². The fourth-order valence-corrected chi connectivity index (χ4v) is 2.18. The van der Waals surface area contributed by atoms with Gasteiger partial charge in [0.25, 0.3) is 0 Å². The van der Waals surface area contributed by atoms with Gasteiger partial charge in [-0.2, -0.15) is 0 Å². The fourth-order valence-electron chi connectivity index (χ4n) is 2.18. The molecule has 88 valence electrons. The molecule has 0 aliphatic carbocycles. The lowest BCUT2D eigenvalue weighted by Gasteiger charge is -2.18. The topological polar surface area (TPSA) is 45.6 Å². The summed E-state index contributed by atoms with van der Waals surface area (Å²) in [7, 11) is 1.65. The molecule has 0 saturated carbocycles. The average Bonchev–Trinajstić information content (AvgIpc) is 2.78. The Morgan fingerprint density at radius 1 is 1.56 bits per heavy atom. The van der Waals surface area contributed by atoms with Gasteiger partial charge in [-0.15, -0.1) is 0 Å². The maximum absolute atomic E-state index is 8.91. The van der Waals surface area contributed by atoms with Gasteiger partial charge in [0.15, 0.2) is 0 Å². The molecule has 1 aliphatic heterocycles. The number of anilines is 1. The van der Waals surface area contributed by atoms with Crippen molar-refractivity contribution in [2.75, 3.05) is 31.7 Å². The van der Waals surface area contributed by atoms with Crippen molar-refractivity contribution in [3.05, 3.63) is 18.5 Å². The second-order valence-electron chi connectivity index (χ2n) is 4.20. The lowest BCUT2D eigenvalue weighted by Crippen LogP contribution is -2.20. The number of rotatable bonds is 4. The number of aliphatic hydroxyl groups is 1. The molecule has 0 spiro atoms. The lowest BCUT2D eigenvalue weighted by molar-refractivity contribution is 0.263. The molecule has 1 N–H and O–H groups in total. The zero-order valence-electron chi connectivity index (χ0n) is 9.59. The average molecular weight is 222 g/mol. The largest absolute Gasteiger partial charge is 0.495 e. The fraction of sp³-hybridized carbons (Fsp3) is 0.583. The van der Waals surface area contributed by atoms with E-state index in [0.29, 0.717) is 5.92 Å². The molecule has 2 rings (SSSR count). The first-order chi connectivity index (χ1) is 7.83. The van der Waals surface area contributed by atoms with E-state index in [9.17, 15) is 0 Å². The van der Waals surface area contributed by atoms with E-state index in [0.717, 1.165) is 37.4 Å². The second-order valence-corrected chi connectivity index (χ2v) is 4.20. The summed E-state index contributed by atoms with van der Waals surface area (Å²) in [5.41, 5.74) is 1.11. The van der Waals surface area contributed by atoms with Crippen LogP contribution in [-0.4, -0.2) is 36.9 Å². The first kappa shape index (κ1) is 11.2. The molecule has 0 bridgehead atoms. The zero-order valence-corrected chi connectivity index (χ0v) is 9.59. The highest BCUT2D eigenvalue weighted by Gasteiger charge is 2.22. The Morgan fingerprint density at radius 2 is 2.44 bits per heavy atom. The summed E-state index contributed by atoms with van der Waals surface area (Å²) in [4.78, 5) is 6.46. The van der Waals surface area contributed by atoms with Gasteiger partial charge in [-0.3, -0.25) is 4.98 Å². The molecule has 0 aromatic carbocycles. The number of nitrogens with zero attached hydrogens (tertiary/aromatic N) is 2. The minimum atomic E-state index is 0.287. The molecule has 4 nitrogen and oxygen atoms in total. The van der Waals surface area contributed by atoms with Gasteiger partial charge in [0.1, 0.15) is 5.75 Å². The Labute approximate surface area is 95.9 Å². The quantitative estimate of drug-likeness (QED) is 0.834. The molecule has 1 unspecified atom stereocenters. The van der Waals surface area contributed by atoms with E-state index in [4.69, 9.17) is 9.84 Å². The number of methoxy groups -OCH3 is 1. The summed E-state index contributed by atoms with van der Waals surface area (Å²) >= 11 is 0. The van der Waals surface area contributed by atoms with Crippen LogP contribution in [0, 0.1) is 5.92 Å². The van der Waals surface area contributed by atoms with E-state index in [2.05, 4.69) is 9.88 Å². The number of hydrogen-bond donors (Lipinski definition) is 1. The molecule has 4 heteroatoms. The first-order valence-electron chi connectivity index (χ1n) is 5.68. The SMILES string of the molecule is COc1cncc(N2CCC(CCO)C2)c1. The molecule has 0 radical (unpaired) electrons. The summed E-state index contributed by atoms with van der Waals surface area (Å²) in [6.07, 6.45) is 5.63. The molecule has 2 heterocycles. The monoisotopic (exact) mass is 222 g/mol. The Kier molecular flexibility index (Phi) is 3.62. The normalized spacial score (nSPS) is 20.1. The molecule has 1 aliphatic rings. The van der Waals surface area contributed by atoms with Crippen LogP contribution in [0.3, 0.4) is 0 Å². The predicted octanol–water partition coefficient (Wildman–Crippen LogP) is 1.30. The van der Waals surface area contributed by atoms with Gasteiger partial charge in [0.2, 0.25) is 0 Å². The van der Waals surface area contributed by atoms with Crippen molar-refractivity contribution < 1.29 is 9.84 Å². The van der Waals surface area contributed by atoms with Crippen molar-refractivity contribution in [3.63, 3.8) is 0 Å². The molecule has 1 saturated heterocycles. The Balaban J connectivity index is 2.02. The molecule has 1 aromatic heterocycles. The second kappa shape index (κ2) is 5.16. The van der Waals surface area contributed by atoms with Crippen molar-refractivity contribution in [2.45, 2.75) is 12.8 Å². The zero-order chi connectivity index (χ0) is 11.4. The molecule has 16 heavy (non-hydrogen) atoms. The summed E-state index contributed by atoms with van der Waals surface area (Å²) in [6.45, 7) is 2.34. The van der Waals surface area contributed by atoms with Crippen LogP contribution in [0.4, 0.5) is 5.69 Å². The number of hydrogen-bond acceptors (Lipinski definition) is 4. The third kappa shape index (κ3) is 2.44. The van der Waals surface area contributed by atoms with E-state index in [-0.39, 0.29) is 6.61 Å². The minimum Gasteiger partial charge on any atom is -0.495 e. The highest BCUT2D eigenvalue weighted by molar-refractivity contribution is 5.48. The lowest BCUT2D eigenvalue weighted by atomic mass is 10.1. The number of pyridine rings is 1. The number of aliphatic hydroxyl groups excluding tert-OH is 1. The first-order valence-corrected chi connectivity index (χ1v) is 5.68. The molecule has 1 atom stereocenters. The third-order valence-electron chi connectivity index (χ3n) is 3.12. The molecule has 0 amide bonds. The number of ether oxygens (including phenoxy) is 1. The summed E-state index contributed by atoms with van der Waals surface area (Å²) in [5, 5.41) is 8.91. The van der Waals surface area contributed by atoms with E-state index in [1.54, 1.807) is 13.3 Å². The summed E-state index contributed by atoms with van der Waals surface area (Å²) in [5.74, 6) is 1.40. The van der Waals surface area contributed by atoms with Gasteiger partial charge in [0, 0.05) is 25.8 Å². The maximum Gasteiger partial charge on any atom is 0.139 e. The van der Waals surface area contributed by atoms with Crippen LogP contribution in [-0.2, 0) is 0 Å². The number of aromatic nitrogens is 1. The van der Waals surface area contributed by atoms with Gasteiger partial charge in [-0.25, -0.2) is 0 Å². The minimum absolute atomic E-state index is 0.287. The molecule has 1 fully saturated rings. The van der Waals surface area contributed by atoms with Crippen LogP contribution in [0.25, 0.3) is 0 Å². The van der Waals surface area contributed by atoms with E-state index < -0.39 is 0 Å². The van der Waals surface area contributed by atoms with Gasteiger partial charge >= 0.3 is 0 Å². The van der Waals surface area contributed by atoms with Crippen molar-refractivity contribution in [1.29, 1.82) is 0 Å². The molecular weight excluding hydrogens is 204 g/mol. The maximum atomic E-state index is 8.91. The highest BCUT2D eigenvalue weighted by atomic mass is 16.5. The van der Waals surface area contributed by atoms with Crippen molar-refractivity contribution in [2.24, 2.45) is 5.92 Å².